The third kappa shape index (κ3) is 5.45. The Hall–Kier alpha value is -3.12. The van der Waals surface area contributed by atoms with Crippen molar-refractivity contribution in [3.05, 3.63) is 101 Å². The van der Waals surface area contributed by atoms with Gasteiger partial charge in [-0.25, -0.2) is 8.42 Å². The molecule has 172 valence electrons. The molecule has 0 bridgehead atoms. The summed E-state index contributed by atoms with van der Waals surface area (Å²) in [5.41, 5.74) is 5.39. The number of aryl methyl sites for hydroxylation is 2. The molecular formula is C27H30N2O3S. The largest absolute Gasteiger partial charge is 0.345 e. The third-order valence-electron chi connectivity index (χ3n) is 6.21. The molecule has 0 aliphatic heterocycles. The summed E-state index contributed by atoms with van der Waals surface area (Å²) in [6.45, 7) is 2.12. The van der Waals surface area contributed by atoms with Gasteiger partial charge in [-0.15, -0.1) is 0 Å². The van der Waals surface area contributed by atoms with Gasteiger partial charge < -0.3 is 5.32 Å². The van der Waals surface area contributed by atoms with Crippen molar-refractivity contribution in [3.8, 4) is 0 Å². The molecule has 5 nitrogen and oxygen atoms in total. The molecule has 1 atom stereocenters. The van der Waals surface area contributed by atoms with Crippen LogP contribution in [0.2, 0.25) is 0 Å². The zero-order valence-corrected chi connectivity index (χ0v) is 19.9. The summed E-state index contributed by atoms with van der Waals surface area (Å²) in [5.74, 6) is -0.294. The van der Waals surface area contributed by atoms with Crippen LogP contribution < -0.4 is 9.62 Å². The van der Waals surface area contributed by atoms with Crippen LogP contribution in [0.4, 0.5) is 5.69 Å². The van der Waals surface area contributed by atoms with E-state index >= 15 is 0 Å². The summed E-state index contributed by atoms with van der Waals surface area (Å²) in [7, 11) is -3.61. The van der Waals surface area contributed by atoms with Crippen molar-refractivity contribution in [2.75, 3.05) is 10.6 Å². The van der Waals surface area contributed by atoms with E-state index in [-0.39, 0.29) is 18.5 Å². The summed E-state index contributed by atoms with van der Waals surface area (Å²) in [4.78, 5) is 13.3. The van der Waals surface area contributed by atoms with Gasteiger partial charge in [0.2, 0.25) is 10.0 Å². The summed E-state index contributed by atoms with van der Waals surface area (Å²) < 4.78 is 26.7. The first-order chi connectivity index (χ1) is 15.8. The van der Waals surface area contributed by atoms with Crippen molar-refractivity contribution in [3.63, 3.8) is 0 Å². The lowest BCUT2D eigenvalue weighted by Crippen LogP contribution is -2.33. The Balaban J connectivity index is 1.60. The number of nitrogens with zero attached hydrogens (tertiary/aromatic N) is 1. The van der Waals surface area contributed by atoms with Crippen LogP contribution in [-0.2, 0) is 29.4 Å². The second kappa shape index (κ2) is 9.79. The predicted molar refractivity (Wildman–Crippen MR) is 133 cm³/mol. The number of amides is 1. The van der Waals surface area contributed by atoms with Crippen molar-refractivity contribution >= 4 is 21.6 Å². The van der Waals surface area contributed by atoms with Crippen molar-refractivity contribution < 1.29 is 13.2 Å². The van der Waals surface area contributed by atoms with E-state index in [1.165, 1.54) is 34.5 Å². The Kier molecular flexibility index (Phi) is 6.84. The van der Waals surface area contributed by atoms with Gasteiger partial charge in [0.25, 0.3) is 5.91 Å². The van der Waals surface area contributed by atoms with Gasteiger partial charge >= 0.3 is 0 Å². The maximum atomic E-state index is 13.3. The van der Waals surface area contributed by atoms with Crippen LogP contribution in [0.25, 0.3) is 0 Å². The molecule has 0 radical (unpaired) electrons. The number of rotatable bonds is 7. The quantitative estimate of drug-likeness (QED) is 0.536. The second-order valence-electron chi connectivity index (χ2n) is 8.70. The van der Waals surface area contributed by atoms with E-state index in [1.807, 2.05) is 37.3 Å². The van der Waals surface area contributed by atoms with Crippen molar-refractivity contribution in [1.82, 2.24) is 5.32 Å². The molecule has 0 fully saturated rings. The number of anilines is 1. The lowest BCUT2D eigenvalue weighted by molar-refractivity contribution is 0.0940. The molecule has 4 rings (SSSR count). The Morgan fingerprint density at radius 3 is 2.33 bits per heavy atom. The number of nitrogens with one attached hydrogen (secondary N) is 1. The number of hydrogen-bond donors (Lipinski definition) is 1. The monoisotopic (exact) mass is 462 g/mol. The Morgan fingerprint density at radius 1 is 0.939 bits per heavy atom. The minimum atomic E-state index is -3.61. The lowest BCUT2D eigenvalue weighted by Gasteiger charge is -2.25. The molecule has 33 heavy (non-hydrogen) atoms. The highest BCUT2D eigenvalue weighted by molar-refractivity contribution is 7.92. The van der Waals surface area contributed by atoms with Gasteiger partial charge in [-0.2, -0.15) is 0 Å². The first-order valence-electron chi connectivity index (χ1n) is 11.4. The number of sulfonamides is 1. The van der Waals surface area contributed by atoms with E-state index in [0.717, 1.165) is 24.0 Å². The SMILES string of the molecule is C[C@@H](NC(=O)c1ccccc1N(Cc1ccccc1)S(C)(=O)=O)c1ccc2c(c1)CCCC2. The fraction of sp³-hybridized carbons (Fsp3) is 0.296. The fourth-order valence-electron chi connectivity index (χ4n) is 4.39. The molecule has 0 saturated heterocycles. The maximum absolute atomic E-state index is 13.3. The molecule has 1 N–H and O–H groups in total. The number of carbonyl (C=O) groups excluding carboxylic acids is 1. The first-order valence-corrected chi connectivity index (χ1v) is 13.2. The molecule has 1 aliphatic rings. The van der Waals surface area contributed by atoms with Gasteiger partial charge in [0, 0.05) is 0 Å². The standard InChI is InChI=1S/C27H30N2O3S/c1-20(23-17-16-22-12-6-7-13-24(22)18-23)28-27(30)25-14-8-9-15-26(25)29(33(2,31)32)19-21-10-4-3-5-11-21/h3-5,8-11,14-18,20H,6-7,12-13,19H2,1-2H3,(H,28,30)/t20-/m1/s1. The Morgan fingerprint density at radius 2 is 1.61 bits per heavy atom. The lowest BCUT2D eigenvalue weighted by atomic mass is 9.89. The van der Waals surface area contributed by atoms with Crippen molar-refractivity contribution in [1.29, 1.82) is 0 Å². The van der Waals surface area contributed by atoms with Crippen LogP contribution in [0.1, 0.15) is 58.4 Å². The van der Waals surface area contributed by atoms with E-state index in [1.54, 1.807) is 24.3 Å². The van der Waals surface area contributed by atoms with Gasteiger partial charge in [-0.3, -0.25) is 9.10 Å². The number of carbonyl (C=O) groups is 1. The van der Waals surface area contributed by atoms with E-state index in [9.17, 15) is 13.2 Å². The number of fused-ring (bicyclic) bond motifs is 1. The van der Waals surface area contributed by atoms with Crippen LogP contribution in [-0.4, -0.2) is 20.6 Å². The van der Waals surface area contributed by atoms with Crippen LogP contribution >= 0.6 is 0 Å². The molecule has 0 saturated carbocycles. The van der Waals surface area contributed by atoms with Crippen LogP contribution in [0, 0.1) is 0 Å². The van der Waals surface area contributed by atoms with Crippen molar-refractivity contribution in [2.45, 2.75) is 45.2 Å². The highest BCUT2D eigenvalue weighted by Gasteiger charge is 2.24. The fourth-order valence-corrected chi connectivity index (χ4v) is 5.29. The highest BCUT2D eigenvalue weighted by Crippen LogP contribution is 2.27. The molecule has 1 aliphatic carbocycles. The molecule has 0 unspecified atom stereocenters. The molecule has 1 amide bonds. The molecular weight excluding hydrogens is 432 g/mol. The molecule has 3 aromatic rings. The normalized spacial score (nSPS) is 14.2. The molecule has 6 heteroatoms. The van der Waals surface area contributed by atoms with E-state index < -0.39 is 10.0 Å². The summed E-state index contributed by atoms with van der Waals surface area (Å²) in [5, 5.41) is 3.07. The van der Waals surface area contributed by atoms with Crippen molar-refractivity contribution in [2.24, 2.45) is 0 Å². The highest BCUT2D eigenvalue weighted by atomic mass is 32.2. The molecule has 0 aromatic heterocycles. The van der Waals surface area contributed by atoms with E-state index in [2.05, 4.69) is 23.5 Å². The number of benzene rings is 3. The molecule has 0 spiro atoms. The summed E-state index contributed by atoms with van der Waals surface area (Å²) >= 11 is 0. The second-order valence-corrected chi connectivity index (χ2v) is 10.6. The van der Waals surface area contributed by atoms with Crippen LogP contribution in [0.3, 0.4) is 0 Å². The minimum absolute atomic E-state index is 0.157. The number of hydrogen-bond acceptors (Lipinski definition) is 3. The molecule has 0 heterocycles. The van der Waals surface area contributed by atoms with E-state index in [4.69, 9.17) is 0 Å². The Labute approximate surface area is 196 Å². The van der Waals surface area contributed by atoms with Gasteiger partial charge in [0.05, 0.1) is 30.1 Å². The smallest absolute Gasteiger partial charge is 0.253 e. The zero-order valence-electron chi connectivity index (χ0n) is 19.1. The molecule has 3 aromatic carbocycles. The minimum Gasteiger partial charge on any atom is -0.345 e. The average molecular weight is 463 g/mol. The summed E-state index contributed by atoms with van der Waals surface area (Å²) in [6.07, 6.45) is 5.80. The first kappa shape index (κ1) is 23.1. The van der Waals surface area contributed by atoms with Crippen LogP contribution in [0.5, 0.6) is 0 Å². The van der Waals surface area contributed by atoms with Gasteiger partial charge in [-0.1, -0.05) is 60.7 Å². The topological polar surface area (TPSA) is 66.5 Å². The number of para-hydroxylation sites is 1. The van der Waals surface area contributed by atoms with Gasteiger partial charge in [0.15, 0.2) is 0 Å². The average Bonchev–Trinajstić information content (AvgIpc) is 2.82. The zero-order chi connectivity index (χ0) is 23.4. The van der Waals surface area contributed by atoms with Gasteiger partial charge in [-0.05, 0) is 67.0 Å². The van der Waals surface area contributed by atoms with Crippen LogP contribution in [0.15, 0.2) is 72.8 Å². The third-order valence-corrected chi connectivity index (χ3v) is 7.33. The van der Waals surface area contributed by atoms with Gasteiger partial charge in [0.1, 0.15) is 0 Å². The predicted octanol–water partition coefficient (Wildman–Crippen LogP) is 5.02. The maximum Gasteiger partial charge on any atom is 0.253 e. The Bertz CT molecular complexity index is 1240. The summed E-state index contributed by atoms with van der Waals surface area (Å²) in [6, 6.07) is 22.5. The van der Waals surface area contributed by atoms with E-state index in [0.29, 0.717) is 11.3 Å².